The van der Waals surface area contributed by atoms with Gasteiger partial charge in [0, 0.05) is 0 Å². The van der Waals surface area contributed by atoms with Gasteiger partial charge in [-0.25, -0.2) is 4.79 Å². The minimum atomic E-state index is -0.951. The third kappa shape index (κ3) is 4.01. The molecule has 1 aromatic carbocycles. The molecule has 0 aliphatic carbocycles. The van der Waals surface area contributed by atoms with Crippen LogP contribution in [0.3, 0.4) is 0 Å². The summed E-state index contributed by atoms with van der Waals surface area (Å²) >= 11 is 0. The number of rotatable bonds is 3. The molecule has 0 spiro atoms. The van der Waals surface area contributed by atoms with Gasteiger partial charge in [-0.2, -0.15) is 0 Å². The Morgan fingerprint density at radius 1 is 1.27 bits per heavy atom. The molecule has 1 aliphatic rings. The number of benzene rings is 1. The molecule has 0 unspecified atom stereocenters. The van der Waals surface area contributed by atoms with Crippen LogP contribution in [0.4, 0.5) is 4.79 Å². The van der Waals surface area contributed by atoms with E-state index in [0.717, 1.165) is 12.0 Å². The van der Waals surface area contributed by atoms with Crippen LogP contribution in [0, 0.1) is 5.92 Å². The molecule has 0 atom stereocenters. The van der Waals surface area contributed by atoms with Crippen molar-refractivity contribution in [1.82, 2.24) is 4.90 Å². The van der Waals surface area contributed by atoms with Crippen LogP contribution >= 0.6 is 0 Å². The molecule has 1 N–H and O–H groups in total. The molecule has 4 nitrogen and oxygen atoms in total. The zero-order valence-corrected chi connectivity index (χ0v) is 14.2. The number of hydrogen-bond donors (Lipinski definition) is 1. The first kappa shape index (κ1) is 16.8. The summed E-state index contributed by atoms with van der Waals surface area (Å²) in [6.45, 7) is 10.5. The Bertz CT molecular complexity index is 522. The SMILES string of the molecule is CC(C)Cc1ccc(C2(O)CN(C(=O)OC(C)(C)C)C2)cc1. The molecule has 0 aromatic heterocycles. The maximum Gasteiger partial charge on any atom is 0.410 e. The van der Waals surface area contributed by atoms with Crippen molar-refractivity contribution < 1.29 is 14.6 Å². The van der Waals surface area contributed by atoms with E-state index in [-0.39, 0.29) is 19.2 Å². The first-order valence-corrected chi connectivity index (χ1v) is 7.89. The molecule has 0 radical (unpaired) electrons. The van der Waals surface area contributed by atoms with Crippen molar-refractivity contribution in [1.29, 1.82) is 0 Å². The van der Waals surface area contributed by atoms with Gasteiger partial charge < -0.3 is 14.7 Å². The molecule has 1 amide bonds. The molecule has 0 saturated carbocycles. The smallest absolute Gasteiger partial charge is 0.410 e. The molecule has 1 aromatic rings. The molecule has 122 valence electrons. The van der Waals surface area contributed by atoms with Gasteiger partial charge in [-0.05, 0) is 44.2 Å². The summed E-state index contributed by atoms with van der Waals surface area (Å²) in [6.07, 6.45) is 0.663. The molecule has 4 heteroatoms. The van der Waals surface area contributed by atoms with Gasteiger partial charge in [0.15, 0.2) is 0 Å². The Hall–Kier alpha value is -1.55. The maximum atomic E-state index is 11.9. The van der Waals surface area contributed by atoms with E-state index in [0.29, 0.717) is 5.92 Å². The fraction of sp³-hybridized carbons (Fsp3) is 0.611. The van der Waals surface area contributed by atoms with E-state index in [4.69, 9.17) is 4.74 Å². The lowest BCUT2D eigenvalue weighted by Gasteiger charge is -2.46. The van der Waals surface area contributed by atoms with E-state index in [9.17, 15) is 9.90 Å². The van der Waals surface area contributed by atoms with Crippen LogP contribution in [-0.2, 0) is 16.8 Å². The van der Waals surface area contributed by atoms with Gasteiger partial charge in [-0.15, -0.1) is 0 Å². The monoisotopic (exact) mass is 305 g/mol. The topological polar surface area (TPSA) is 49.8 Å². The number of likely N-dealkylation sites (tertiary alicyclic amines) is 1. The van der Waals surface area contributed by atoms with Crippen molar-refractivity contribution in [3.63, 3.8) is 0 Å². The molecule has 1 heterocycles. The van der Waals surface area contributed by atoms with E-state index in [1.54, 1.807) is 0 Å². The molecule has 2 rings (SSSR count). The molecular formula is C18H27NO3. The average molecular weight is 305 g/mol. The number of aliphatic hydroxyl groups is 1. The fourth-order valence-corrected chi connectivity index (χ4v) is 2.65. The lowest BCUT2D eigenvalue weighted by atomic mass is 9.85. The molecule has 1 saturated heterocycles. The second-order valence-electron chi connectivity index (χ2n) is 7.66. The molecule has 1 aliphatic heterocycles. The summed E-state index contributed by atoms with van der Waals surface area (Å²) in [5.41, 5.74) is 0.668. The second-order valence-corrected chi connectivity index (χ2v) is 7.66. The maximum absolute atomic E-state index is 11.9. The van der Waals surface area contributed by atoms with Gasteiger partial charge in [0.1, 0.15) is 11.2 Å². The van der Waals surface area contributed by atoms with Crippen LogP contribution in [0.25, 0.3) is 0 Å². The van der Waals surface area contributed by atoms with Crippen molar-refractivity contribution in [3.05, 3.63) is 35.4 Å². The first-order chi connectivity index (χ1) is 10.1. The molecule has 1 fully saturated rings. The highest BCUT2D eigenvalue weighted by atomic mass is 16.6. The van der Waals surface area contributed by atoms with Gasteiger partial charge in [0.2, 0.25) is 0 Å². The number of amides is 1. The summed E-state index contributed by atoms with van der Waals surface area (Å²) in [5, 5.41) is 10.6. The molecule has 22 heavy (non-hydrogen) atoms. The number of nitrogens with zero attached hydrogens (tertiary/aromatic N) is 1. The van der Waals surface area contributed by atoms with E-state index < -0.39 is 11.2 Å². The van der Waals surface area contributed by atoms with Crippen LogP contribution < -0.4 is 0 Å². The van der Waals surface area contributed by atoms with Gasteiger partial charge in [-0.1, -0.05) is 38.1 Å². The number of carbonyl (C=O) groups excluding carboxylic acids is 1. The quantitative estimate of drug-likeness (QED) is 0.932. The highest BCUT2D eigenvalue weighted by molar-refractivity contribution is 5.70. The van der Waals surface area contributed by atoms with Crippen LogP contribution in [0.15, 0.2) is 24.3 Å². The van der Waals surface area contributed by atoms with E-state index >= 15 is 0 Å². The third-order valence-corrected chi connectivity index (χ3v) is 3.69. The zero-order chi connectivity index (χ0) is 16.5. The van der Waals surface area contributed by atoms with E-state index in [1.807, 2.05) is 32.9 Å². The first-order valence-electron chi connectivity index (χ1n) is 7.89. The minimum Gasteiger partial charge on any atom is -0.444 e. The zero-order valence-electron chi connectivity index (χ0n) is 14.2. The molecular weight excluding hydrogens is 278 g/mol. The van der Waals surface area contributed by atoms with Crippen molar-refractivity contribution in [2.24, 2.45) is 5.92 Å². The number of carbonyl (C=O) groups is 1. The lowest BCUT2D eigenvalue weighted by molar-refractivity contribution is -0.103. The van der Waals surface area contributed by atoms with Gasteiger partial charge in [0.05, 0.1) is 13.1 Å². The highest BCUT2D eigenvalue weighted by Crippen LogP contribution is 2.33. The van der Waals surface area contributed by atoms with E-state index in [2.05, 4.69) is 26.0 Å². The van der Waals surface area contributed by atoms with Crippen LogP contribution in [-0.4, -0.2) is 34.8 Å². The predicted octanol–water partition coefficient (Wildman–Crippen LogP) is 3.32. The fourth-order valence-electron chi connectivity index (χ4n) is 2.65. The lowest BCUT2D eigenvalue weighted by Crippen LogP contribution is -2.61. The van der Waals surface area contributed by atoms with E-state index in [1.165, 1.54) is 10.5 Å². The summed E-state index contributed by atoms with van der Waals surface area (Å²) in [6, 6.07) is 8.04. The minimum absolute atomic E-state index is 0.283. The second kappa shape index (κ2) is 5.92. The Balaban J connectivity index is 1.96. The van der Waals surface area contributed by atoms with Gasteiger partial charge in [-0.3, -0.25) is 0 Å². The third-order valence-electron chi connectivity index (χ3n) is 3.69. The van der Waals surface area contributed by atoms with Crippen molar-refractivity contribution in [2.45, 2.75) is 52.2 Å². The van der Waals surface area contributed by atoms with Crippen molar-refractivity contribution >= 4 is 6.09 Å². The van der Waals surface area contributed by atoms with Gasteiger partial charge in [0.25, 0.3) is 0 Å². The Labute approximate surface area is 133 Å². The Kier molecular flexibility index (Phi) is 4.52. The van der Waals surface area contributed by atoms with Crippen molar-refractivity contribution in [3.8, 4) is 0 Å². The number of hydrogen-bond acceptors (Lipinski definition) is 3. The number of ether oxygens (including phenoxy) is 1. The predicted molar refractivity (Wildman–Crippen MR) is 86.7 cm³/mol. The normalized spacial score (nSPS) is 17.3. The van der Waals surface area contributed by atoms with Gasteiger partial charge >= 0.3 is 6.09 Å². The average Bonchev–Trinajstić information content (AvgIpc) is 2.33. The molecule has 0 bridgehead atoms. The van der Waals surface area contributed by atoms with Crippen LogP contribution in [0.2, 0.25) is 0 Å². The Morgan fingerprint density at radius 3 is 2.27 bits per heavy atom. The van der Waals surface area contributed by atoms with Crippen molar-refractivity contribution in [2.75, 3.05) is 13.1 Å². The summed E-state index contributed by atoms with van der Waals surface area (Å²) in [4.78, 5) is 13.5. The standard InChI is InChI=1S/C18H27NO3/c1-13(2)10-14-6-8-15(9-7-14)18(21)11-19(12-18)16(20)22-17(3,4)5/h6-9,13,21H,10-12H2,1-5H3. The highest BCUT2D eigenvalue weighted by Gasteiger charge is 2.46. The van der Waals surface area contributed by atoms with Crippen LogP contribution in [0.1, 0.15) is 45.7 Å². The summed E-state index contributed by atoms with van der Waals surface area (Å²) in [7, 11) is 0. The largest absolute Gasteiger partial charge is 0.444 e. The summed E-state index contributed by atoms with van der Waals surface area (Å²) in [5.74, 6) is 0.611. The number of β-amino-alcohol motifs (C(OH)–C–C–N with tert-alkyl or cyclic N) is 1. The summed E-state index contributed by atoms with van der Waals surface area (Å²) < 4.78 is 5.31. The Morgan fingerprint density at radius 2 is 1.82 bits per heavy atom. The van der Waals surface area contributed by atoms with Crippen LogP contribution in [0.5, 0.6) is 0 Å².